The smallest absolute Gasteiger partial charge is 0.202 e. The van der Waals surface area contributed by atoms with E-state index in [2.05, 4.69) is 11.9 Å². The van der Waals surface area contributed by atoms with Crippen molar-refractivity contribution in [3.8, 4) is 0 Å². The van der Waals surface area contributed by atoms with Gasteiger partial charge in [0.05, 0.1) is 10.6 Å². The highest BCUT2D eigenvalue weighted by Crippen LogP contribution is 2.42. The zero-order valence-corrected chi connectivity index (χ0v) is 12.3. The quantitative estimate of drug-likeness (QED) is 0.679. The average Bonchev–Trinajstić information content (AvgIpc) is 2.86. The predicted octanol–water partition coefficient (Wildman–Crippen LogP) is 4.12. The van der Waals surface area contributed by atoms with Gasteiger partial charge in [-0.25, -0.2) is 0 Å². The molecular weight excluding hydrogens is 278 g/mol. The zero-order chi connectivity index (χ0) is 14.7. The average molecular weight is 293 g/mol. The Bertz CT molecular complexity index is 719. The van der Waals surface area contributed by atoms with Crippen LogP contribution in [-0.4, -0.2) is 12.3 Å². The molecule has 2 nitrogen and oxygen atoms in total. The number of thioether (sulfide) groups is 1. The number of Topliss-reactive ketones (excluding diaryl/α,β-unsaturated/α-hetero) is 1. The van der Waals surface area contributed by atoms with Crippen molar-refractivity contribution in [2.45, 2.75) is 4.90 Å². The number of allylic oxidation sites excluding steroid dienone is 1. The van der Waals surface area contributed by atoms with Crippen LogP contribution in [0.1, 0.15) is 15.9 Å². The van der Waals surface area contributed by atoms with Crippen molar-refractivity contribution >= 4 is 23.2 Å². The normalized spacial score (nSPS) is 15.5. The number of hydrogen-bond donors (Lipinski definition) is 1. The van der Waals surface area contributed by atoms with Gasteiger partial charge in [0.1, 0.15) is 0 Å². The van der Waals surface area contributed by atoms with Gasteiger partial charge >= 0.3 is 0 Å². The van der Waals surface area contributed by atoms with Gasteiger partial charge in [-0.05, 0) is 17.7 Å². The molecule has 0 bridgehead atoms. The number of fused-ring (bicyclic) bond motifs is 1. The molecule has 0 unspecified atom stereocenters. The van der Waals surface area contributed by atoms with Crippen molar-refractivity contribution in [2.24, 2.45) is 0 Å². The molecule has 3 rings (SSSR count). The molecule has 2 aromatic carbocycles. The Hall–Kier alpha value is -2.26. The van der Waals surface area contributed by atoms with Crippen LogP contribution in [0.3, 0.4) is 0 Å². The molecule has 0 aliphatic carbocycles. The SMILES string of the molecule is C=CCN/C(=C1/Sc2ccccc2C1=O)c1ccccc1. The van der Waals surface area contributed by atoms with E-state index in [1.807, 2.05) is 54.6 Å². The fourth-order valence-electron chi connectivity index (χ4n) is 2.28. The third-order valence-electron chi connectivity index (χ3n) is 3.26. The van der Waals surface area contributed by atoms with E-state index in [0.29, 0.717) is 6.54 Å². The minimum Gasteiger partial charge on any atom is -0.380 e. The number of carbonyl (C=O) groups excluding carboxylic acids is 1. The first kappa shape index (κ1) is 13.7. The van der Waals surface area contributed by atoms with Gasteiger partial charge in [-0.1, -0.05) is 60.3 Å². The number of nitrogens with one attached hydrogen (secondary N) is 1. The Kier molecular flexibility index (Phi) is 3.93. The maximum Gasteiger partial charge on any atom is 0.202 e. The minimum absolute atomic E-state index is 0.0889. The van der Waals surface area contributed by atoms with Crippen LogP contribution < -0.4 is 5.32 Å². The van der Waals surface area contributed by atoms with Gasteiger partial charge in [-0.3, -0.25) is 4.79 Å². The lowest BCUT2D eigenvalue weighted by atomic mass is 10.1. The van der Waals surface area contributed by atoms with Gasteiger partial charge in [0.25, 0.3) is 0 Å². The van der Waals surface area contributed by atoms with Crippen LogP contribution in [0.25, 0.3) is 5.70 Å². The molecule has 1 heterocycles. The Balaban J connectivity index is 2.08. The number of carbonyl (C=O) groups is 1. The van der Waals surface area contributed by atoms with Crippen molar-refractivity contribution in [3.63, 3.8) is 0 Å². The second kappa shape index (κ2) is 6.02. The van der Waals surface area contributed by atoms with E-state index in [4.69, 9.17) is 0 Å². The monoisotopic (exact) mass is 293 g/mol. The van der Waals surface area contributed by atoms with Crippen molar-refractivity contribution < 1.29 is 4.79 Å². The first-order valence-electron chi connectivity index (χ1n) is 6.77. The molecule has 0 saturated carbocycles. The van der Waals surface area contributed by atoms with E-state index in [9.17, 15) is 4.79 Å². The lowest BCUT2D eigenvalue weighted by Gasteiger charge is -2.12. The summed E-state index contributed by atoms with van der Waals surface area (Å²) in [4.78, 5) is 14.4. The summed E-state index contributed by atoms with van der Waals surface area (Å²) in [6, 6.07) is 17.7. The fraction of sp³-hybridized carbons (Fsp3) is 0.0556. The lowest BCUT2D eigenvalue weighted by molar-refractivity contribution is 0.104. The topological polar surface area (TPSA) is 29.1 Å². The molecule has 0 fully saturated rings. The molecule has 0 aromatic heterocycles. The van der Waals surface area contributed by atoms with Crippen LogP contribution in [0.2, 0.25) is 0 Å². The Morgan fingerprint density at radius 1 is 1.10 bits per heavy atom. The highest BCUT2D eigenvalue weighted by atomic mass is 32.2. The largest absolute Gasteiger partial charge is 0.380 e. The summed E-state index contributed by atoms with van der Waals surface area (Å²) < 4.78 is 0. The van der Waals surface area contributed by atoms with Crippen molar-refractivity contribution in [2.75, 3.05) is 6.54 Å². The standard InChI is InChI=1S/C18H15NOS/c1-2-12-19-16(13-8-4-3-5-9-13)18-17(20)14-10-6-7-11-15(14)21-18/h2-11,19H,1,12H2/b18-16+. The number of benzene rings is 2. The number of hydrogen-bond acceptors (Lipinski definition) is 3. The van der Waals surface area contributed by atoms with Crippen LogP contribution in [0.5, 0.6) is 0 Å². The third-order valence-corrected chi connectivity index (χ3v) is 4.43. The Morgan fingerprint density at radius 3 is 2.52 bits per heavy atom. The van der Waals surface area contributed by atoms with Crippen LogP contribution >= 0.6 is 11.8 Å². The summed E-state index contributed by atoms with van der Waals surface area (Å²) in [7, 11) is 0. The summed E-state index contributed by atoms with van der Waals surface area (Å²) in [5.41, 5.74) is 2.68. The molecule has 0 radical (unpaired) electrons. The Morgan fingerprint density at radius 2 is 1.81 bits per heavy atom. The van der Waals surface area contributed by atoms with E-state index in [1.165, 1.54) is 11.8 Å². The highest BCUT2D eigenvalue weighted by molar-refractivity contribution is 8.05. The van der Waals surface area contributed by atoms with Crippen LogP contribution in [0, 0.1) is 0 Å². The Labute approximate surface area is 128 Å². The summed E-state index contributed by atoms with van der Waals surface area (Å²) in [5.74, 6) is 0.0889. The summed E-state index contributed by atoms with van der Waals surface area (Å²) >= 11 is 1.53. The van der Waals surface area contributed by atoms with E-state index < -0.39 is 0 Å². The molecule has 0 atom stereocenters. The molecule has 0 saturated heterocycles. The van der Waals surface area contributed by atoms with Crippen LogP contribution in [-0.2, 0) is 0 Å². The second-order valence-corrected chi connectivity index (χ2v) is 5.72. The molecule has 0 amide bonds. The molecule has 1 aliphatic rings. The summed E-state index contributed by atoms with van der Waals surface area (Å²) in [5, 5.41) is 3.31. The van der Waals surface area contributed by atoms with Gasteiger partial charge in [0, 0.05) is 17.0 Å². The zero-order valence-electron chi connectivity index (χ0n) is 11.5. The van der Waals surface area contributed by atoms with Crippen molar-refractivity contribution in [1.29, 1.82) is 0 Å². The molecule has 1 N–H and O–H groups in total. The minimum atomic E-state index is 0.0889. The van der Waals surface area contributed by atoms with E-state index >= 15 is 0 Å². The maximum atomic E-state index is 12.6. The van der Waals surface area contributed by atoms with E-state index in [-0.39, 0.29) is 5.78 Å². The van der Waals surface area contributed by atoms with Crippen molar-refractivity contribution in [3.05, 3.63) is 83.3 Å². The number of rotatable bonds is 4. The molecular formula is C18H15NOS. The lowest BCUT2D eigenvalue weighted by Crippen LogP contribution is -2.15. The fourth-order valence-corrected chi connectivity index (χ4v) is 3.41. The highest BCUT2D eigenvalue weighted by Gasteiger charge is 2.28. The van der Waals surface area contributed by atoms with Crippen molar-refractivity contribution in [1.82, 2.24) is 5.32 Å². The third kappa shape index (κ3) is 2.65. The molecule has 1 aliphatic heterocycles. The first-order valence-corrected chi connectivity index (χ1v) is 7.59. The van der Waals surface area contributed by atoms with Gasteiger partial charge in [-0.2, -0.15) is 0 Å². The van der Waals surface area contributed by atoms with Crippen LogP contribution in [0.4, 0.5) is 0 Å². The van der Waals surface area contributed by atoms with Crippen LogP contribution in [0.15, 0.2) is 77.1 Å². The van der Waals surface area contributed by atoms with Gasteiger partial charge < -0.3 is 5.32 Å². The summed E-state index contributed by atoms with van der Waals surface area (Å²) in [6.45, 7) is 4.36. The van der Waals surface area contributed by atoms with E-state index in [1.54, 1.807) is 6.08 Å². The molecule has 2 aromatic rings. The van der Waals surface area contributed by atoms with Gasteiger partial charge in [0.2, 0.25) is 5.78 Å². The summed E-state index contributed by atoms with van der Waals surface area (Å²) in [6.07, 6.45) is 1.79. The predicted molar refractivity (Wildman–Crippen MR) is 88.2 cm³/mol. The van der Waals surface area contributed by atoms with E-state index in [0.717, 1.165) is 26.6 Å². The maximum absolute atomic E-state index is 12.6. The van der Waals surface area contributed by atoms with Gasteiger partial charge in [0.15, 0.2) is 0 Å². The molecule has 21 heavy (non-hydrogen) atoms. The van der Waals surface area contributed by atoms with Gasteiger partial charge in [-0.15, -0.1) is 6.58 Å². The molecule has 104 valence electrons. The first-order chi connectivity index (χ1) is 10.3. The molecule has 3 heteroatoms. The second-order valence-electron chi connectivity index (χ2n) is 4.67. The number of ketones is 1. The molecule has 0 spiro atoms.